The van der Waals surface area contributed by atoms with Crippen molar-refractivity contribution in [2.75, 3.05) is 19.6 Å². The van der Waals surface area contributed by atoms with E-state index in [1.54, 1.807) is 4.90 Å². The summed E-state index contributed by atoms with van der Waals surface area (Å²) < 4.78 is 2.23. The summed E-state index contributed by atoms with van der Waals surface area (Å²) >= 11 is 0. The van der Waals surface area contributed by atoms with Gasteiger partial charge < -0.3 is 14.8 Å². The lowest BCUT2D eigenvalue weighted by molar-refractivity contribution is -0.146. The van der Waals surface area contributed by atoms with E-state index < -0.39 is 5.91 Å². The molecule has 1 N–H and O–H groups in total. The Labute approximate surface area is 149 Å². The van der Waals surface area contributed by atoms with Gasteiger partial charge in [-0.3, -0.25) is 9.59 Å². The van der Waals surface area contributed by atoms with E-state index >= 15 is 0 Å². The predicted molar refractivity (Wildman–Crippen MR) is 93.9 cm³/mol. The molecule has 0 spiro atoms. The second-order valence-electron chi connectivity index (χ2n) is 7.35. The SMILES string of the molecule is C[C@@H]1CCCN(C(=O)C(=O)NCCCc2nnc3n2CCCCC3)C1. The fourth-order valence-electron chi connectivity index (χ4n) is 3.77. The van der Waals surface area contributed by atoms with Crippen molar-refractivity contribution in [1.82, 2.24) is 25.0 Å². The summed E-state index contributed by atoms with van der Waals surface area (Å²) in [6, 6.07) is 0. The van der Waals surface area contributed by atoms with Crippen molar-refractivity contribution in [3.63, 3.8) is 0 Å². The van der Waals surface area contributed by atoms with Gasteiger partial charge in [0.05, 0.1) is 0 Å². The van der Waals surface area contributed by atoms with Gasteiger partial charge in [-0.25, -0.2) is 0 Å². The monoisotopic (exact) mass is 347 g/mol. The summed E-state index contributed by atoms with van der Waals surface area (Å²) in [5, 5.41) is 11.4. The molecule has 0 radical (unpaired) electrons. The van der Waals surface area contributed by atoms with Gasteiger partial charge in [0, 0.05) is 39.0 Å². The molecule has 7 nitrogen and oxygen atoms in total. The van der Waals surface area contributed by atoms with E-state index in [9.17, 15) is 9.59 Å². The third-order valence-corrected chi connectivity index (χ3v) is 5.19. The summed E-state index contributed by atoms with van der Waals surface area (Å²) in [5.41, 5.74) is 0. The molecule has 3 heterocycles. The molecule has 2 aliphatic heterocycles. The summed E-state index contributed by atoms with van der Waals surface area (Å²) in [7, 11) is 0. The van der Waals surface area contributed by atoms with E-state index in [4.69, 9.17) is 0 Å². The number of aromatic nitrogens is 3. The number of rotatable bonds is 4. The third-order valence-electron chi connectivity index (χ3n) is 5.19. The summed E-state index contributed by atoms with van der Waals surface area (Å²) in [6.45, 7) is 5.01. The topological polar surface area (TPSA) is 80.1 Å². The highest BCUT2D eigenvalue weighted by molar-refractivity contribution is 6.35. The molecule has 2 aliphatic rings. The smallest absolute Gasteiger partial charge is 0.311 e. The first-order valence-corrected chi connectivity index (χ1v) is 9.63. The van der Waals surface area contributed by atoms with Crippen LogP contribution in [0, 0.1) is 5.92 Å². The minimum atomic E-state index is -0.478. The van der Waals surface area contributed by atoms with Crippen molar-refractivity contribution in [3.8, 4) is 0 Å². The van der Waals surface area contributed by atoms with Crippen LogP contribution < -0.4 is 5.32 Å². The number of nitrogens with zero attached hydrogens (tertiary/aromatic N) is 4. The Bertz CT molecular complexity index is 613. The van der Waals surface area contributed by atoms with Gasteiger partial charge in [-0.2, -0.15) is 0 Å². The van der Waals surface area contributed by atoms with Crippen LogP contribution in [-0.4, -0.2) is 51.1 Å². The number of aryl methyl sites for hydroxylation is 2. The molecule has 138 valence electrons. The Hall–Kier alpha value is -1.92. The van der Waals surface area contributed by atoms with Gasteiger partial charge in [0.1, 0.15) is 11.6 Å². The Morgan fingerprint density at radius 3 is 2.88 bits per heavy atom. The average molecular weight is 347 g/mol. The Balaban J connectivity index is 1.42. The van der Waals surface area contributed by atoms with Gasteiger partial charge in [-0.1, -0.05) is 13.3 Å². The van der Waals surface area contributed by atoms with Crippen LogP contribution in [0.1, 0.15) is 57.1 Å². The van der Waals surface area contributed by atoms with Gasteiger partial charge in [0.15, 0.2) is 0 Å². The Morgan fingerprint density at radius 1 is 1.16 bits per heavy atom. The first-order chi connectivity index (χ1) is 12.1. The molecule has 2 amide bonds. The maximum absolute atomic E-state index is 12.2. The normalized spacial score (nSPS) is 20.7. The molecule has 1 aromatic rings. The summed E-state index contributed by atoms with van der Waals surface area (Å²) in [4.78, 5) is 25.9. The van der Waals surface area contributed by atoms with Crippen LogP contribution in [0.4, 0.5) is 0 Å². The lowest BCUT2D eigenvalue weighted by atomic mass is 10.0. The van der Waals surface area contributed by atoms with Crippen LogP contribution in [0.3, 0.4) is 0 Å². The molecule has 1 fully saturated rings. The fourth-order valence-corrected chi connectivity index (χ4v) is 3.77. The van der Waals surface area contributed by atoms with Crippen LogP contribution in [-0.2, 0) is 29.0 Å². The lowest BCUT2D eigenvalue weighted by Gasteiger charge is -2.30. The lowest BCUT2D eigenvalue weighted by Crippen LogP contribution is -2.47. The zero-order valence-corrected chi connectivity index (χ0v) is 15.2. The number of nitrogens with one attached hydrogen (secondary N) is 1. The number of amides is 2. The maximum atomic E-state index is 12.2. The highest BCUT2D eigenvalue weighted by atomic mass is 16.2. The second kappa shape index (κ2) is 8.45. The van der Waals surface area contributed by atoms with Gasteiger partial charge in [0.25, 0.3) is 0 Å². The van der Waals surface area contributed by atoms with E-state index in [0.717, 1.165) is 50.3 Å². The van der Waals surface area contributed by atoms with Crippen molar-refractivity contribution >= 4 is 11.8 Å². The van der Waals surface area contributed by atoms with Crippen molar-refractivity contribution in [1.29, 1.82) is 0 Å². The fraction of sp³-hybridized carbons (Fsp3) is 0.778. The Kier molecular flexibility index (Phi) is 6.04. The van der Waals surface area contributed by atoms with Crippen LogP contribution in [0.15, 0.2) is 0 Å². The number of carbonyl (C=O) groups excluding carboxylic acids is 2. The van der Waals surface area contributed by atoms with Crippen LogP contribution in [0.2, 0.25) is 0 Å². The van der Waals surface area contributed by atoms with E-state index in [0.29, 0.717) is 25.6 Å². The zero-order chi connectivity index (χ0) is 17.6. The molecule has 0 aliphatic carbocycles. The van der Waals surface area contributed by atoms with E-state index in [-0.39, 0.29) is 5.91 Å². The van der Waals surface area contributed by atoms with Crippen LogP contribution in [0.25, 0.3) is 0 Å². The molecule has 7 heteroatoms. The number of hydrogen-bond acceptors (Lipinski definition) is 4. The Morgan fingerprint density at radius 2 is 2.04 bits per heavy atom. The summed E-state index contributed by atoms with van der Waals surface area (Å²) in [6.07, 6.45) is 8.29. The molecular formula is C18H29N5O2. The van der Waals surface area contributed by atoms with Crippen LogP contribution in [0.5, 0.6) is 0 Å². The maximum Gasteiger partial charge on any atom is 0.311 e. The van der Waals surface area contributed by atoms with Gasteiger partial charge >= 0.3 is 11.8 Å². The molecule has 0 saturated carbocycles. The number of carbonyl (C=O) groups is 2. The largest absolute Gasteiger partial charge is 0.348 e. The van der Waals surface area contributed by atoms with Gasteiger partial charge in [-0.15, -0.1) is 10.2 Å². The molecule has 25 heavy (non-hydrogen) atoms. The molecule has 0 aromatic carbocycles. The second-order valence-corrected chi connectivity index (χ2v) is 7.35. The van der Waals surface area contributed by atoms with Crippen molar-refractivity contribution in [2.45, 2.75) is 64.8 Å². The molecule has 0 bridgehead atoms. The van der Waals surface area contributed by atoms with Crippen molar-refractivity contribution < 1.29 is 9.59 Å². The van der Waals surface area contributed by atoms with Gasteiger partial charge in [-0.05, 0) is 38.0 Å². The highest BCUT2D eigenvalue weighted by Gasteiger charge is 2.25. The molecule has 1 saturated heterocycles. The predicted octanol–water partition coefficient (Wildman–Crippen LogP) is 1.31. The number of hydrogen-bond donors (Lipinski definition) is 1. The number of piperidine rings is 1. The standard InChI is InChI=1S/C18H29N5O2/c1-14-7-6-11-22(13-14)18(25)17(24)19-10-5-9-16-21-20-15-8-3-2-4-12-23(15)16/h14H,2-13H2,1H3,(H,19,24)/t14-/m1/s1. The average Bonchev–Trinajstić information content (AvgIpc) is 2.84. The minimum absolute atomic E-state index is 0.386. The quantitative estimate of drug-likeness (QED) is 0.658. The molecule has 3 rings (SSSR count). The molecule has 1 aromatic heterocycles. The van der Waals surface area contributed by atoms with E-state index in [1.807, 2.05) is 0 Å². The van der Waals surface area contributed by atoms with Crippen molar-refractivity contribution in [3.05, 3.63) is 11.6 Å². The molecular weight excluding hydrogens is 318 g/mol. The molecule has 0 unspecified atom stereocenters. The van der Waals surface area contributed by atoms with Crippen molar-refractivity contribution in [2.24, 2.45) is 5.92 Å². The number of fused-ring (bicyclic) bond motifs is 1. The zero-order valence-electron chi connectivity index (χ0n) is 15.2. The first-order valence-electron chi connectivity index (χ1n) is 9.63. The molecule has 1 atom stereocenters. The minimum Gasteiger partial charge on any atom is -0.348 e. The van der Waals surface area contributed by atoms with Crippen LogP contribution >= 0.6 is 0 Å². The van der Waals surface area contributed by atoms with E-state index in [2.05, 4.69) is 27.0 Å². The third kappa shape index (κ3) is 4.58. The number of likely N-dealkylation sites (tertiary alicyclic amines) is 1. The van der Waals surface area contributed by atoms with E-state index in [1.165, 1.54) is 19.3 Å². The summed E-state index contributed by atoms with van der Waals surface area (Å²) in [5.74, 6) is 1.71. The highest BCUT2D eigenvalue weighted by Crippen LogP contribution is 2.16. The first kappa shape index (κ1) is 17.9. The van der Waals surface area contributed by atoms with Gasteiger partial charge in [0.2, 0.25) is 0 Å².